The van der Waals surface area contributed by atoms with Gasteiger partial charge >= 0.3 is 6.36 Å². The van der Waals surface area contributed by atoms with Crippen LogP contribution in [0.3, 0.4) is 0 Å². The van der Waals surface area contributed by atoms with E-state index in [4.69, 9.17) is 0 Å². The monoisotopic (exact) mass is 295 g/mol. The lowest BCUT2D eigenvalue weighted by atomic mass is 10.3. The highest BCUT2D eigenvalue weighted by atomic mass is 32.2. The van der Waals surface area contributed by atoms with E-state index in [1.165, 1.54) is 0 Å². The van der Waals surface area contributed by atoms with Gasteiger partial charge in [-0.3, -0.25) is 0 Å². The van der Waals surface area contributed by atoms with Gasteiger partial charge in [0.15, 0.2) is 0 Å². The molecule has 1 rings (SSSR count). The fraction of sp³-hybridized carbons (Fsp3) is 0.273. The smallest absolute Gasteiger partial charge is 0.406 e. The molecule has 8 heteroatoms. The number of nitrogens with one attached hydrogen (secondary N) is 1. The molecule has 1 aromatic carbocycles. The van der Waals surface area contributed by atoms with Crippen molar-refractivity contribution < 1.29 is 26.3 Å². The standard InChI is InChI=1S/C11H12F3NO3S/c1-8(2)7-15-19(16,17)10-5-3-9(4-6-10)18-11(12,13)14/h3-6,15H,1,7H2,2H3. The average molecular weight is 295 g/mol. The highest BCUT2D eigenvalue weighted by molar-refractivity contribution is 7.89. The number of benzene rings is 1. The second-order valence-electron chi connectivity index (χ2n) is 3.80. The summed E-state index contributed by atoms with van der Waals surface area (Å²) in [5, 5.41) is 0. The first kappa shape index (κ1) is 15.5. The lowest BCUT2D eigenvalue weighted by Crippen LogP contribution is -2.25. The molecular weight excluding hydrogens is 283 g/mol. The molecule has 0 aliphatic rings. The minimum atomic E-state index is -4.81. The van der Waals surface area contributed by atoms with Crippen LogP contribution in [-0.4, -0.2) is 21.3 Å². The summed E-state index contributed by atoms with van der Waals surface area (Å²) in [6.07, 6.45) is -4.81. The van der Waals surface area contributed by atoms with Gasteiger partial charge in [-0.25, -0.2) is 13.1 Å². The van der Waals surface area contributed by atoms with Gasteiger partial charge in [0, 0.05) is 6.54 Å². The number of rotatable bonds is 5. The lowest BCUT2D eigenvalue weighted by molar-refractivity contribution is -0.274. The molecule has 0 aliphatic carbocycles. The van der Waals surface area contributed by atoms with Crippen molar-refractivity contribution in [3.05, 3.63) is 36.4 Å². The van der Waals surface area contributed by atoms with E-state index in [1.54, 1.807) is 6.92 Å². The topological polar surface area (TPSA) is 55.4 Å². The van der Waals surface area contributed by atoms with Gasteiger partial charge in [-0.05, 0) is 31.2 Å². The molecule has 1 N–H and O–H groups in total. The first-order chi connectivity index (χ1) is 8.60. The summed E-state index contributed by atoms with van der Waals surface area (Å²) in [6, 6.07) is 3.93. The lowest BCUT2D eigenvalue weighted by Gasteiger charge is -2.10. The van der Waals surface area contributed by atoms with Crippen LogP contribution in [0.25, 0.3) is 0 Å². The Morgan fingerprint density at radius 2 is 1.84 bits per heavy atom. The predicted molar refractivity (Wildman–Crippen MR) is 63.1 cm³/mol. The molecule has 19 heavy (non-hydrogen) atoms. The van der Waals surface area contributed by atoms with Crippen LogP contribution >= 0.6 is 0 Å². The summed E-state index contributed by atoms with van der Waals surface area (Å²) >= 11 is 0. The van der Waals surface area contributed by atoms with Crippen molar-refractivity contribution >= 4 is 10.0 Å². The Morgan fingerprint density at radius 1 is 1.32 bits per heavy atom. The van der Waals surface area contributed by atoms with Crippen LogP contribution in [0, 0.1) is 0 Å². The third-order valence-corrected chi connectivity index (χ3v) is 3.35. The molecule has 0 aromatic heterocycles. The van der Waals surface area contributed by atoms with Crippen LogP contribution in [-0.2, 0) is 10.0 Å². The molecule has 0 spiro atoms. The summed E-state index contributed by atoms with van der Waals surface area (Å²) < 4.78 is 65.1. The number of sulfonamides is 1. The molecule has 0 fully saturated rings. The number of halogens is 3. The summed E-state index contributed by atoms with van der Waals surface area (Å²) in [5.41, 5.74) is 0.612. The molecule has 4 nitrogen and oxygen atoms in total. The molecule has 0 heterocycles. The van der Waals surface area contributed by atoms with E-state index in [-0.39, 0.29) is 11.4 Å². The Bertz CT molecular complexity index is 550. The van der Waals surface area contributed by atoms with Gasteiger partial charge in [-0.15, -0.1) is 13.2 Å². The van der Waals surface area contributed by atoms with Crippen molar-refractivity contribution in [2.45, 2.75) is 18.2 Å². The molecular formula is C11H12F3NO3S. The molecule has 0 saturated heterocycles. The zero-order valence-corrected chi connectivity index (χ0v) is 10.8. The summed E-state index contributed by atoms with van der Waals surface area (Å²) in [4.78, 5) is -0.150. The van der Waals surface area contributed by atoms with Crippen LogP contribution in [0.5, 0.6) is 5.75 Å². The highest BCUT2D eigenvalue weighted by Crippen LogP contribution is 2.23. The third kappa shape index (κ3) is 5.31. The molecule has 0 aliphatic heterocycles. The zero-order chi connectivity index (χ0) is 14.7. The van der Waals surface area contributed by atoms with E-state index in [9.17, 15) is 21.6 Å². The van der Waals surface area contributed by atoms with E-state index in [1.807, 2.05) is 0 Å². The summed E-state index contributed by atoms with van der Waals surface area (Å²) in [7, 11) is -3.76. The Kier molecular flexibility index (Phi) is 4.59. The predicted octanol–water partition coefficient (Wildman–Crippen LogP) is 2.44. The maximum Gasteiger partial charge on any atom is 0.573 e. The number of hydrogen-bond acceptors (Lipinski definition) is 3. The Morgan fingerprint density at radius 3 is 2.26 bits per heavy atom. The molecule has 1 aromatic rings. The van der Waals surface area contributed by atoms with Crippen molar-refractivity contribution in [3.8, 4) is 5.75 Å². The van der Waals surface area contributed by atoms with Crippen molar-refractivity contribution in [3.63, 3.8) is 0 Å². The van der Waals surface area contributed by atoms with E-state index in [0.717, 1.165) is 24.3 Å². The van der Waals surface area contributed by atoms with Crippen molar-refractivity contribution in [2.24, 2.45) is 0 Å². The van der Waals surface area contributed by atoms with Crippen LogP contribution in [0.1, 0.15) is 6.92 Å². The van der Waals surface area contributed by atoms with Gasteiger partial charge in [0.05, 0.1) is 4.90 Å². The van der Waals surface area contributed by atoms with E-state index >= 15 is 0 Å². The Hall–Kier alpha value is -1.54. The maximum absolute atomic E-state index is 11.9. The van der Waals surface area contributed by atoms with Gasteiger partial charge in [0.1, 0.15) is 5.75 Å². The SMILES string of the molecule is C=C(C)CNS(=O)(=O)c1ccc(OC(F)(F)F)cc1. The minimum absolute atomic E-state index is 0.0587. The molecule has 106 valence electrons. The molecule has 0 unspecified atom stereocenters. The van der Waals surface area contributed by atoms with E-state index in [2.05, 4.69) is 16.0 Å². The maximum atomic E-state index is 11.9. The van der Waals surface area contributed by atoms with E-state index < -0.39 is 22.1 Å². The molecule has 0 radical (unpaired) electrons. The second kappa shape index (κ2) is 5.62. The van der Waals surface area contributed by atoms with Crippen LogP contribution < -0.4 is 9.46 Å². The fourth-order valence-electron chi connectivity index (χ4n) is 1.12. The first-order valence-electron chi connectivity index (χ1n) is 5.10. The normalized spacial score (nSPS) is 12.2. The number of hydrogen-bond donors (Lipinski definition) is 1. The van der Waals surface area contributed by atoms with Gasteiger partial charge < -0.3 is 4.74 Å². The largest absolute Gasteiger partial charge is 0.573 e. The second-order valence-corrected chi connectivity index (χ2v) is 5.57. The molecule has 0 atom stereocenters. The number of ether oxygens (including phenoxy) is 1. The molecule has 0 bridgehead atoms. The van der Waals surface area contributed by atoms with Gasteiger partial charge in [0.2, 0.25) is 10.0 Å². The Labute approximate surface area is 108 Å². The quantitative estimate of drug-likeness (QED) is 0.849. The van der Waals surface area contributed by atoms with Crippen LogP contribution in [0.4, 0.5) is 13.2 Å². The highest BCUT2D eigenvalue weighted by Gasteiger charge is 2.31. The van der Waals surface area contributed by atoms with Crippen LogP contribution in [0.15, 0.2) is 41.3 Å². The van der Waals surface area contributed by atoms with Crippen molar-refractivity contribution in [2.75, 3.05) is 6.54 Å². The number of alkyl halides is 3. The first-order valence-corrected chi connectivity index (χ1v) is 6.58. The van der Waals surface area contributed by atoms with Gasteiger partial charge in [-0.2, -0.15) is 0 Å². The average Bonchev–Trinajstić information content (AvgIpc) is 2.25. The summed E-state index contributed by atoms with van der Waals surface area (Å²) in [6.45, 7) is 5.23. The van der Waals surface area contributed by atoms with Gasteiger partial charge in [-0.1, -0.05) is 12.2 Å². The minimum Gasteiger partial charge on any atom is -0.406 e. The van der Waals surface area contributed by atoms with Crippen LogP contribution in [0.2, 0.25) is 0 Å². The molecule has 0 amide bonds. The fourth-order valence-corrected chi connectivity index (χ4v) is 2.22. The van der Waals surface area contributed by atoms with Crippen molar-refractivity contribution in [1.29, 1.82) is 0 Å². The third-order valence-electron chi connectivity index (χ3n) is 1.93. The van der Waals surface area contributed by atoms with E-state index in [0.29, 0.717) is 5.57 Å². The molecule has 0 saturated carbocycles. The van der Waals surface area contributed by atoms with Crippen molar-refractivity contribution in [1.82, 2.24) is 4.72 Å². The summed E-state index contributed by atoms with van der Waals surface area (Å²) in [5.74, 6) is -0.480. The Balaban J connectivity index is 2.84. The van der Waals surface area contributed by atoms with Gasteiger partial charge in [0.25, 0.3) is 0 Å². The zero-order valence-electron chi connectivity index (χ0n) is 9.99.